The van der Waals surface area contributed by atoms with Crippen LogP contribution in [-0.2, 0) is 32.7 Å². The highest BCUT2D eigenvalue weighted by Gasteiger charge is 2.27. The van der Waals surface area contributed by atoms with E-state index in [1.54, 1.807) is 0 Å². The Hall–Kier alpha value is -2.07. The Bertz CT molecular complexity index is 1060. The van der Waals surface area contributed by atoms with Crippen LogP contribution in [0, 0.1) is 0 Å². The summed E-state index contributed by atoms with van der Waals surface area (Å²) in [5, 5.41) is 19.1. The minimum atomic E-state index is -4.64. The van der Waals surface area contributed by atoms with E-state index in [-0.39, 0.29) is 12.8 Å². The van der Waals surface area contributed by atoms with Gasteiger partial charge in [-0.05, 0) is 77.0 Å². The summed E-state index contributed by atoms with van der Waals surface area (Å²) in [6.07, 6.45) is 42.2. The van der Waals surface area contributed by atoms with Gasteiger partial charge in [0.1, 0.15) is 12.2 Å². The molecule has 0 aliphatic heterocycles. The number of hydrogen-bond donors (Lipinski definition) is 3. The number of carbonyl (C=O) groups excluding carboxylic acids is 2. The number of rotatable bonds is 40. The molecule has 0 aromatic rings. The molecular weight excluding hydrogens is 719 g/mol. The van der Waals surface area contributed by atoms with E-state index in [4.69, 9.17) is 18.5 Å². The smallest absolute Gasteiger partial charge is 0.457 e. The van der Waals surface area contributed by atoms with Gasteiger partial charge in [-0.25, -0.2) is 4.57 Å². The molecule has 0 amide bonds. The number of esters is 2. The molecule has 0 aromatic carbocycles. The second-order valence-electron chi connectivity index (χ2n) is 14.3. The third-order valence-corrected chi connectivity index (χ3v) is 9.96. The zero-order chi connectivity index (χ0) is 40.5. The first kappa shape index (κ1) is 52.9. The van der Waals surface area contributed by atoms with Crippen molar-refractivity contribution in [1.29, 1.82) is 0 Å². The van der Waals surface area contributed by atoms with Crippen LogP contribution in [0.1, 0.15) is 181 Å². The lowest BCUT2D eigenvalue weighted by atomic mass is 10.1. The lowest BCUT2D eigenvalue weighted by Crippen LogP contribution is -2.28. The molecule has 0 rings (SSSR count). The maximum atomic E-state index is 12.3. The lowest BCUT2D eigenvalue weighted by molar-refractivity contribution is -0.153. The summed E-state index contributed by atoms with van der Waals surface area (Å²) in [6, 6.07) is 0. The Balaban J connectivity index is 3.96. The number of phosphoric ester groups is 1. The predicted octanol–water partition coefficient (Wildman–Crippen LogP) is 11.3. The molecule has 0 saturated heterocycles. The first-order valence-corrected chi connectivity index (χ1v) is 23.1. The van der Waals surface area contributed by atoms with Gasteiger partial charge < -0.3 is 24.6 Å². The molecule has 0 saturated carbocycles. The molecule has 0 bridgehead atoms. The van der Waals surface area contributed by atoms with Crippen LogP contribution in [0.5, 0.6) is 0 Å². The summed E-state index contributed by atoms with van der Waals surface area (Å²) < 4.78 is 32.5. The van der Waals surface area contributed by atoms with E-state index in [1.165, 1.54) is 51.4 Å². The van der Waals surface area contributed by atoms with Crippen molar-refractivity contribution in [2.45, 2.75) is 193 Å². The molecule has 10 nitrogen and oxygen atoms in total. The Morgan fingerprint density at radius 2 is 0.800 bits per heavy atom. The second kappa shape index (κ2) is 40.1. The number of carbonyl (C=O) groups is 2. The largest absolute Gasteiger partial charge is 0.472 e. The zero-order valence-electron chi connectivity index (χ0n) is 34.6. The molecule has 0 radical (unpaired) electrons. The summed E-state index contributed by atoms with van der Waals surface area (Å²) >= 11 is 0. The Labute approximate surface area is 334 Å². The monoisotopic (exact) mass is 799 g/mol. The zero-order valence-corrected chi connectivity index (χ0v) is 35.5. The second-order valence-corrected chi connectivity index (χ2v) is 15.8. The quantitative estimate of drug-likeness (QED) is 0.0237. The van der Waals surface area contributed by atoms with Crippen LogP contribution in [0.4, 0.5) is 0 Å². The average molecular weight is 799 g/mol. The van der Waals surface area contributed by atoms with Crippen molar-refractivity contribution < 1.29 is 47.8 Å². The molecule has 0 spiro atoms. The number of unbranched alkanes of at least 4 members (excludes halogenated alkanes) is 18. The maximum absolute atomic E-state index is 12.3. The Morgan fingerprint density at radius 3 is 1.20 bits per heavy atom. The summed E-state index contributed by atoms with van der Waals surface area (Å²) in [6.45, 7) is 2.13. The predicted molar refractivity (Wildman–Crippen MR) is 224 cm³/mol. The summed E-state index contributed by atoms with van der Waals surface area (Å²) in [4.78, 5) is 34.5. The Morgan fingerprint density at radius 1 is 0.491 bits per heavy atom. The van der Waals surface area contributed by atoms with E-state index in [2.05, 4.69) is 62.5 Å². The topological polar surface area (TPSA) is 149 Å². The van der Waals surface area contributed by atoms with Gasteiger partial charge in [-0.1, -0.05) is 140 Å². The van der Waals surface area contributed by atoms with Gasteiger partial charge in [-0.2, -0.15) is 0 Å². The number of aliphatic hydroxyl groups excluding tert-OH is 2. The van der Waals surface area contributed by atoms with Crippen LogP contribution >= 0.6 is 7.82 Å². The highest BCUT2D eigenvalue weighted by atomic mass is 31.2. The fourth-order valence-corrected chi connectivity index (χ4v) is 6.43. The molecule has 55 heavy (non-hydrogen) atoms. The van der Waals surface area contributed by atoms with Gasteiger partial charge in [-0.15, -0.1) is 0 Å². The molecule has 0 heterocycles. The number of hydrogen-bond acceptors (Lipinski definition) is 9. The van der Waals surface area contributed by atoms with Crippen molar-refractivity contribution in [3.63, 3.8) is 0 Å². The van der Waals surface area contributed by atoms with Gasteiger partial charge in [0.2, 0.25) is 0 Å². The van der Waals surface area contributed by atoms with Crippen LogP contribution in [-0.4, -0.2) is 65.7 Å². The van der Waals surface area contributed by atoms with E-state index in [0.29, 0.717) is 12.8 Å². The molecule has 3 atom stereocenters. The van der Waals surface area contributed by atoms with Crippen LogP contribution < -0.4 is 0 Å². The lowest BCUT2D eigenvalue weighted by Gasteiger charge is -2.20. The van der Waals surface area contributed by atoms with Crippen molar-refractivity contribution in [2.75, 3.05) is 26.4 Å². The molecule has 320 valence electrons. The van der Waals surface area contributed by atoms with Crippen LogP contribution in [0.25, 0.3) is 0 Å². The first-order valence-electron chi connectivity index (χ1n) is 21.6. The van der Waals surface area contributed by atoms with Gasteiger partial charge in [0.25, 0.3) is 0 Å². The molecule has 0 aliphatic carbocycles. The highest BCUT2D eigenvalue weighted by Crippen LogP contribution is 2.43. The highest BCUT2D eigenvalue weighted by molar-refractivity contribution is 7.47. The minimum Gasteiger partial charge on any atom is -0.457 e. The van der Waals surface area contributed by atoms with Crippen molar-refractivity contribution in [2.24, 2.45) is 0 Å². The van der Waals surface area contributed by atoms with Crippen LogP contribution in [0.3, 0.4) is 0 Å². The van der Waals surface area contributed by atoms with Crippen LogP contribution in [0.2, 0.25) is 0 Å². The van der Waals surface area contributed by atoms with Gasteiger partial charge in [-0.3, -0.25) is 18.6 Å². The summed E-state index contributed by atoms with van der Waals surface area (Å²) in [7, 11) is -4.64. The first-order chi connectivity index (χ1) is 26.8. The molecule has 3 N–H and O–H groups in total. The molecular formula is C44H79O10P. The van der Waals surface area contributed by atoms with Gasteiger partial charge in [0, 0.05) is 12.8 Å². The molecule has 11 heteroatoms. The Kier molecular flexibility index (Phi) is 38.6. The molecule has 3 unspecified atom stereocenters. The van der Waals surface area contributed by atoms with E-state index >= 15 is 0 Å². The van der Waals surface area contributed by atoms with Gasteiger partial charge in [0.05, 0.1) is 26.4 Å². The minimum absolute atomic E-state index is 0.176. The van der Waals surface area contributed by atoms with Crippen molar-refractivity contribution >= 4 is 19.8 Å². The maximum Gasteiger partial charge on any atom is 0.472 e. The van der Waals surface area contributed by atoms with E-state index < -0.39 is 58.4 Å². The molecule has 0 aromatic heterocycles. The SMILES string of the molecule is CCCCC/C=C\C/C=C\C/C=C\CCCCCCCCC(=O)OC(CO)COP(=O)(O)OCC(CO)OC(=O)CCCCCCC/C=C\CCCCCC. The third-order valence-electron chi connectivity index (χ3n) is 9.01. The number of ether oxygens (including phenoxy) is 2. The van der Waals surface area contributed by atoms with E-state index in [9.17, 15) is 29.3 Å². The van der Waals surface area contributed by atoms with Crippen molar-refractivity contribution in [3.8, 4) is 0 Å². The van der Waals surface area contributed by atoms with Crippen molar-refractivity contribution in [3.05, 3.63) is 48.6 Å². The van der Waals surface area contributed by atoms with Crippen LogP contribution in [0.15, 0.2) is 48.6 Å². The van der Waals surface area contributed by atoms with E-state index in [0.717, 1.165) is 89.9 Å². The fourth-order valence-electron chi connectivity index (χ4n) is 5.64. The van der Waals surface area contributed by atoms with Gasteiger partial charge in [0.15, 0.2) is 0 Å². The fraction of sp³-hybridized carbons (Fsp3) is 0.773. The summed E-state index contributed by atoms with van der Waals surface area (Å²) in [5.41, 5.74) is 0. The van der Waals surface area contributed by atoms with E-state index in [1.807, 2.05) is 0 Å². The number of allylic oxidation sites excluding steroid dienone is 8. The number of aliphatic hydroxyl groups is 2. The normalized spacial score (nSPS) is 14.3. The standard InChI is InChI=1S/C44H79O10P/c1-3-5-7-9-11-13-15-17-18-19-20-21-22-24-26-28-30-32-34-36-44(48)54-42(38-46)40-52-55(49,50)51-39-41(37-45)53-43(47)35-33-31-29-27-25-23-16-14-12-10-8-6-4-2/h11,13-14,16-18,20-21,41-42,45-46H,3-10,12,15,19,22-40H2,1-2H3,(H,49,50)/b13-11-,16-14-,18-17-,21-20-. The van der Waals surface area contributed by atoms with Crippen molar-refractivity contribution in [1.82, 2.24) is 0 Å². The molecule has 0 aliphatic rings. The number of phosphoric acid groups is 1. The van der Waals surface area contributed by atoms with Gasteiger partial charge >= 0.3 is 19.8 Å². The average Bonchev–Trinajstić information content (AvgIpc) is 3.17. The molecule has 0 fully saturated rings. The third kappa shape index (κ3) is 38.6. The summed E-state index contributed by atoms with van der Waals surface area (Å²) in [5.74, 6) is -1.04.